The van der Waals surface area contributed by atoms with E-state index in [4.69, 9.17) is 23.7 Å². The van der Waals surface area contributed by atoms with Crippen molar-refractivity contribution in [1.29, 1.82) is 0 Å². The highest BCUT2D eigenvalue weighted by Crippen LogP contribution is 2.44. The van der Waals surface area contributed by atoms with E-state index in [0.717, 1.165) is 108 Å². The number of halogens is 2. The summed E-state index contributed by atoms with van der Waals surface area (Å²) in [6, 6.07) is 59.9. The number of pyridine rings is 1. The average molecular weight is 2000 g/mol. The molecule has 22 rings (SSSR count). The molecule has 6 amide bonds. The summed E-state index contributed by atoms with van der Waals surface area (Å²) in [6.07, 6.45) is 22.1. The Morgan fingerprint density at radius 2 is 0.818 bits per heavy atom. The first-order valence-electron chi connectivity index (χ1n) is 50.0. The fourth-order valence-electron chi connectivity index (χ4n) is 21.1. The van der Waals surface area contributed by atoms with Crippen LogP contribution in [0.2, 0.25) is 0 Å². The number of benzene rings is 8. The lowest BCUT2D eigenvalue weighted by atomic mass is 9.83. The average Bonchev–Trinajstić information content (AvgIpc) is 1.58. The summed E-state index contributed by atoms with van der Waals surface area (Å²) in [5.41, 5.74) is 14.5. The molecule has 6 fully saturated rings. The van der Waals surface area contributed by atoms with Gasteiger partial charge in [-0.25, -0.2) is 38.7 Å². The number of aromatic amines is 3. The van der Waals surface area contributed by atoms with Gasteiger partial charge in [0.05, 0.1) is 48.9 Å². The van der Waals surface area contributed by atoms with Gasteiger partial charge >= 0.3 is 0 Å². The predicted molar refractivity (Wildman–Crippen MR) is 558 cm³/mol. The summed E-state index contributed by atoms with van der Waals surface area (Å²) < 4.78 is 56.6. The van der Waals surface area contributed by atoms with Crippen LogP contribution in [-0.2, 0) is 53.3 Å². The fourth-order valence-corrected chi connectivity index (χ4v) is 21.1. The van der Waals surface area contributed by atoms with Crippen molar-refractivity contribution in [3.8, 4) is 73.7 Å². The number of amides is 6. The van der Waals surface area contributed by atoms with Crippen molar-refractivity contribution >= 4 is 90.8 Å². The maximum Gasteiger partial charge on any atom is 0.258 e. The molecule has 0 spiro atoms. The fraction of sp³-hybridized carbons (Fsp3) is 0.327. The molecule has 8 aromatic carbocycles. The van der Waals surface area contributed by atoms with Gasteiger partial charge in [0.2, 0.25) is 17.7 Å². The number of piperidine rings is 2. The van der Waals surface area contributed by atoms with E-state index in [9.17, 15) is 37.5 Å². The predicted octanol–water partition coefficient (Wildman–Crippen LogP) is 15.9. The molecule has 35 heteroatoms. The third-order valence-electron chi connectivity index (χ3n) is 30.0. The number of H-pyrrole nitrogens is 3. The summed E-state index contributed by atoms with van der Waals surface area (Å²) in [4.78, 5) is 124. The molecule has 15 aromatic rings. The lowest BCUT2D eigenvalue weighted by Crippen LogP contribution is -2.50. The van der Waals surface area contributed by atoms with Gasteiger partial charge in [0.1, 0.15) is 34.5 Å². The molecule has 0 radical (unpaired) electrons. The van der Waals surface area contributed by atoms with Gasteiger partial charge in [0.25, 0.3) is 17.7 Å². The van der Waals surface area contributed by atoms with Gasteiger partial charge in [-0.05, 0) is 220 Å². The molecule has 7 aromatic heterocycles. The molecular weight excluding hydrogens is 1880 g/mol. The maximum atomic E-state index is 13.8. The zero-order chi connectivity index (χ0) is 102. The van der Waals surface area contributed by atoms with Crippen LogP contribution < -0.4 is 20.7 Å². The number of anilines is 3. The lowest BCUT2D eigenvalue weighted by molar-refractivity contribution is -0.140. The van der Waals surface area contributed by atoms with Crippen LogP contribution >= 0.6 is 0 Å². The molecule has 6 N–H and O–H groups in total. The molecule has 1 aliphatic carbocycles. The van der Waals surface area contributed by atoms with Crippen molar-refractivity contribution in [3.05, 3.63) is 283 Å². The summed E-state index contributed by atoms with van der Waals surface area (Å²) >= 11 is 0. The van der Waals surface area contributed by atoms with Gasteiger partial charge in [-0.15, -0.1) is 0 Å². The molecule has 3 atom stereocenters. The summed E-state index contributed by atoms with van der Waals surface area (Å²) in [5, 5.41) is 34.2. The number of ether oxygens (including phenoxy) is 5. The Hall–Kier alpha value is -15.5. The highest BCUT2D eigenvalue weighted by molar-refractivity contribution is 6.05. The number of nitrogens with one attached hydrogen (secondary N) is 6. The van der Waals surface area contributed by atoms with Crippen molar-refractivity contribution < 1.29 is 61.2 Å². The van der Waals surface area contributed by atoms with E-state index in [-0.39, 0.29) is 60.9 Å². The highest BCUT2D eigenvalue weighted by Gasteiger charge is 2.50. The number of carbonyl (C=O) groups excluding carboxylic acids is 6. The largest absolute Gasteiger partial charge is 0.496 e. The second-order valence-electron chi connectivity index (χ2n) is 38.9. The van der Waals surface area contributed by atoms with Crippen LogP contribution in [0.4, 0.5) is 25.8 Å². The standard InChI is InChI=1S/C39H42N8O4.C37H38FN7O4.C37H36FN7O3/c1-50-38(29-8-6-27(7-9-29)36-41-16-3-17-42-36)14-20-47(21-15-38)34(48)24-46-19-13-39(25-46,51-2)37(49)43-30-10-11-32-31(23-30)35(45-44-32)28-12-18-40-33(22-28)26-4-5-26;1-48-32-20-27(38)8-10-29(32)34-30-21-28(9-11-31(30)42-43-34)41-36(47)37(49-2)14-19-44(23-37)22-33(46)45-17-12-25(13-18-45)24-4-6-26(7-5-24)35-39-15-3-16-40-35;1-24-20-28(38)8-10-30(24)34-31-21-29(9-11-32(31)42-43-34)41-36(47)37(48-2)14-19-44(23-37)22-33(46)45-17-12-26(13-18-45)25-4-6-27(7-5-25)35-39-15-3-16-40-35/h3,6-12,16-18,22-23,26H,4-5,13-15,19-21,24-25H2,1-2H3,(H,43,49)(H,44,45);3-11,15-16,20-21,25H,12-14,17-19,22-23H2,1-2H3,(H,41,47)(H,42,43);3-12,15-16,20-21H,13-14,17-19,22-23H2,1-2H3,(H,41,47)(H,42,43)/t39-;2*37-/m000/s1. The first-order valence-corrected chi connectivity index (χ1v) is 50.0. The van der Waals surface area contributed by atoms with Crippen LogP contribution in [-0.4, -0.2) is 281 Å². The number of aromatic nitrogens is 13. The molecule has 758 valence electrons. The molecule has 1 saturated carbocycles. The van der Waals surface area contributed by atoms with Crippen LogP contribution in [0.3, 0.4) is 0 Å². The van der Waals surface area contributed by atoms with Crippen molar-refractivity contribution in [2.75, 3.05) is 150 Å². The zero-order valence-corrected chi connectivity index (χ0v) is 83.3. The van der Waals surface area contributed by atoms with Crippen LogP contribution in [0.5, 0.6) is 5.75 Å². The van der Waals surface area contributed by atoms with Gasteiger partial charge in [-0.2, -0.15) is 15.3 Å². The minimum atomic E-state index is -1.10. The zero-order valence-electron chi connectivity index (χ0n) is 83.3. The maximum absolute atomic E-state index is 13.8. The quantitative estimate of drug-likeness (QED) is 0.0278. The molecule has 0 unspecified atom stereocenters. The number of aryl methyl sites for hydroxylation is 1. The summed E-state index contributed by atoms with van der Waals surface area (Å²) in [5.74, 6) is 2.03. The number of hydrogen-bond acceptors (Lipinski definition) is 24. The number of carbonyl (C=O) groups is 6. The lowest BCUT2D eigenvalue weighted by Gasteiger charge is -2.41. The smallest absolute Gasteiger partial charge is 0.258 e. The second kappa shape index (κ2) is 43.7. The third-order valence-corrected chi connectivity index (χ3v) is 30.0. The minimum absolute atomic E-state index is 0.0308. The minimum Gasteiger partial charge on any atom is -0.496 e. The summed E-state index contributed by atoms with van der Waals surface area (Å²) in [6.45, 7) is 8.89. The van der Waals surface area contributed by atoms with Crippen molar-refractivity contribution in [3.63, 3.8) is 0 Å². The Balaban J connectivity index is 0.000000135. The van der Waals surface area contributed by atoms with E-state index in [1.807, 2.05) is 121 Å². The van der Waals surface area contributed by atoms with E-state index >= 15 is 0 Å². The van der Waals surface area contributed by atoms with Crippen molar-refractivity contribution in [2.24, 2.45) is 0 Å². The number of likely N-dealkylation sites (tertiary alicyclic amines) is 5. The number of methoxy groups -OCH3 is 5. The van der Waals surface area contributed by atoms with Gasteiger partial charge < -0.3 is 54.3 Å². The third kappa shape index (κ3) is 21.6. The second-order valence-corrected chi connectivity index (χ2v) is 38.9. The number of rotatable bonds is 27. The molecular formula is C113H116F2N22O11. The molecule has 13 heterocycles. The van der Waals surface area contributed by atoms with E-state index in [1.165, 1.54) is 69.6 Å². The number of nitrogens with zero attached hydrogens (tertiary/aromatic N) is 16. The van der Waals surface area contributed by atoms with E-state index in [0.29, 0.717) is 180 Å². The molecule has 148 heavy (non-hydrogen) atoms. The Morgan fingerprint density at radius 1 is 0.392 bits per heavy atom. The molecule has 6 aliphatic heterocycles. The SMILES string of the molecule is COC1(c2ccc(-c3ncccn3)cc2)CCN(C(=O)CN2CC[C@@](OC)(C(=O)Nc3ccc4[nH]nc(-c5ccnc(C6CC6)c5)c4c3)C2)CC1.CO[C@@]1(C(=O)Nc2ccc3[nH]nc(-c4ccc(F)cc4C)c3c2)CCN(CC(=O)N2CC=C(c3ccc(-c4ncccn4)cc3)CC2)C1.COc1cc(F)ccc1-c1n[nH]c2ccc(NC(=O)[C@]3(OC)CCN(CC(=O)N4CCC(c5ccc(-c6ncccn6)cc5)CC4)C3)cc12. The first-order chi connectivity index (χ1) is 72.0. The Labute approximate surface area is 854 Å². The molecule has 33 nitrogen and oxygen atoms in total. The number of fused-ring (bicyclic) bond motifs is 3. The normalized spacial score (nSPS) is 19.1. The Kier molecular flexibility index (Phi) is 29.4. The molecule has 0 bridgehead atoms. The first kappa shape index (κ1) is 99.8. The topological polar surface area (TPSA) is 380 Å². The van der Waals surface area contributed by atoms with Crippen LogP contribution in [0, 0.1) is 18.6 Å². The highest BCUT2D eigenvalue weighted by atomic mass is 19.1. The number of hydrogen-bond donors (Lipinski definition) is 6. The van der Waals surface area contributed by atoms with Crippen LogP contribution in [0.25, 0.3) is 106 Å². The van der Waals surface area contributed by atoms with Crippen molar-refractivity contribution in [2.45, 2.75) is 105 Å². The van der Waals surface area contributed by atoms with Gasteiger partial charge in [-0.1, -0.05) is 78.9 Å². The van der Waals surface area contributed by atoms with Crippen LogP contribution in [0.1, 0.15) is 104 Å². The summed E-state index contributed by atoms with van der Waals surface area (Å²) in [7, 11) is 7.86. The Bertz CT molecular complexity index is 7390. The van der Waals surface area contributed by atoms with Gasteiger partial charge in [-0.3, -0.25) is 63.7 Å². The molecule has 7 aliphatic rings. The van der Waals surface area contributed by atoms with Gasteiger partial charge in [0, 0.05) is 235 Å². The van der Waals surface area contributed by atoms with Crippen LogP contribution in [0.15, 0.2) is 244 Å². The molecule has 5 saturated heterocycles. The van der Waals surface area contributed by atoms with Crippen molar-refractivity contribution in [1.82, 2.24) is 94.9 Å². The van der Waals surface area contributed by atoms with E-state index < -0.39 is 28.2 Å². The van der Waals surface area contributed by atoms with Gasteiger partial charge in [0.15, 0.2) is 34.3 Å². The van der Waals surface area contributed by atoms with E-state index in [2.05, 4.69) is 142 Å². The monoisotopic (exact) mass is 1990 g/mol. The van der Waals surface area contributed by atoms with E-state index in [1.54, 1.807) is 87.8 Å². The Morgan fingerprint density at radius 3 is 1.26 bits per heavy atom.